The van der Waals surface area contributed by atoms with Crippen LogP contribution in [0.15, 0.2) is 55.0 Å². The van der Waals surface area contributed by atoms with E-state index in [0.717, 1.165) is 48.3 Å². The molecule has 1 aliphatic heterocycles. The summed E-state index contributed by atoms with van der Waals surface area (Å²) in [5.74, 6) is -0.0156. The third-order valence-electron chi connectivity index (χ3n) is 5.06. The molecule has 1 saturated heterocycles. The van der Waals surface area contributed by atoms with Crippen molar-refractivity contribution in [3.63, 3.8) is 0 Å². The van der Waals surface area contributed by atoms with Crippen LogP contribution in [-0.4, -0.2) is 39.1 Å². The Balaban J connectivity index is 1.50. The van der Waals surface area contributed by atoms with Gasteiger partial charge in [0.25, 0.3) is 0 Å². The number of aromatic amines is 1. The molecule has 0 unspecified atom stereocenters. The summed E-state index contributed by atoms with van der Waals surface area (Å²) < 4.78 is 0. The van der Waals surface area contributed by atoms with E-state index in [4.69, 9.17) is 11.6 Å². The maximum atomic E-state index is 13.1. The number of halogens is 1. The van der Waals surface area contributed by atoms with Crippen LogP contribution in [0, 0.1) is 0 Å². The van der Waals surface area contributed by atoms with Crippen molar-refractivity contribution in [1.82, 2.24) is 25.4 Å². The van der Waals surface area contributed by atoms with Gasteiger partial charge in [-0.3, -0.25) is 19.8 Å². The Morgan fingerprint density at radius 1 is 1.18 bits per heavy atom. The average Bonchev–Trinajstić information content (AvgIpc) is 3.40. The number of hydrogen-bond acceptors (Lipinski definition) is 4. The summed E-state index contributed by atoms with van der Waals surface area (Å²) in [6.45, 7) is 2.25. The number of benzene rings is 1. The van der Waals surface area contributed by atoms with Crippen LogP contribution in [0.4, 0.5) is 0 Å². The molecule has 2 aromatic heterocycles. The Morgan fingerprint density at radius 2 is 1.96 bits per heavy atom. The van der Waals surface area contributed by atoms with Gasteiger partial charge in [0.15, 0.2) is 0 Å². The number of H-pyrrole nitrogens is 1. The number of pyridine rings is 1. The van der Waals surface area contributed by atoms with Crippen molar-refractivity contribution < 1.29 is 4.79 Å². The largest absolute Gasteiger partial charge is 0.350 e. The molecule has 1 aromatic carbocycles. The lowest BCUT2D eigenvalue weighted by Crippen LogP contribution is -2.39. The lowest BCUT2D eigenvalue weighted by molar-refractivity contribution is -0.126. The third-order valence-corrected chi connectivity index (χ3v) is 5.31. The van der Waals surface area contributed by atoms with Crippen LogP contribution in [-0.2, 0) is 11.3 Å². The highest BCUT2D eigenvalue weighted by Crippen LogP contribution is 2.26. The first kappa shape index (κ1) is 18.7. The predicted molar refractivity (Wildman–Crippen MR) is 109 cm³/mol. The van der Waals surface area contributed by atoms with Crippen molar-refractivity contribution in [3.05, 3.63) is 71.1 Å². The lowest BCUT2D eigenvalue weighted by atomic mass is 10.1. The number of nitrogens with zero attached hydrogens (tertiary/aromatic N) is 3. The fraction of sp³-hybridized carbons (Fsp3) is 0.286. The van der Waals surface area contributed by atoms with Gasteiger partial charge >= 0.3 is 0 Å². The molecule has 0 spiro atoms. The van der Waals surface area contributed by atoms with Crippen molar-refractivity contribution in [2.45, 2.75) is 25.4 Å². The average molecular weight is 396 g/mol. The van der Waals surface area contributed by atoms with Crippen molar-refractivity contribution in [3.8, 4) is 11.3 Å². The minimum Gasteiger partial charge on any atom is -0.350 e. The highest BCUT2D eigenvalue weighted by atomic mass is 35.5. The summed E-state index contributed by atoms with van der Waals surface area (Å²) in [4.78, 5) is 19.5. The van der Waals surface area contributed by atoms with E-state index in [2.05, 4.69) is 25.4 Å². The van der Waals surface area contributed by atoms with Crippen molar-refractivity contribution in [2.24, 2.45) is 0 Å². The zero-order valence-electron chi connectivity index (χ0n) is 15.4. The molecule has 1 aliphatic rings. The molecule has 1 fully saturated rings. The molecule has 6 nitrogen and oxygen atoms in total. The summed E-state index contributed by atoms with van der Waals surface area (Å²) in [5.41, 5.74) is 3.72. The van der Waals surface area contributed by atoms with E-state index < -0.39 is 0 Å². The van der Waals surface area contributed by atoms with Gasteiger partial charge in [-0.25, -0.2) is 0 Å². The molecule has 3 aromatic rings. The van der Waals surface area contributed by atoms with Gasteiger partial charge in [-0.05, 0) is 55.3 Å². The van der Waals surface area contributed by atoms with Gasteiger partial charge in [0.05, 0.1) is 11.9 Å². The zero-order chi connectivity index (χ0) is 19.3. The molecule has 0 saturated carbocycles. The minimum absolute atomic E-state index is 0.0156. The summed E-state index contributed by atoms with van der Waals surface area (Å²) in [7, 11) is 0. The Hall–Kier alpha value is -2.70. The van der Waals surface area contributed by atoms with Crippen LogP contribution in [0.2, 0.25) is 5.02 Å². The number of carbonyl (C=O) groups is 1. The third kappa shape index (κ3) is 4.08. The molecule has 0 bridgehead atoms. The maximum absolute atomic E-state index is 13.1. The molecule has 4 rings (SSSR count). The number of nitrogens with one attached hydrogen (secondary N) is 2. The Bertz CT molecular complexity index is 919. The van der Waals surface area contributed by atoms with Crippen LogP contribution in [0.25, 0.3) is 11.3 Å². The highest BCUT2D eigenvalue weighted by molar-refractivity contribution is 6.30. The first-order valence-electron chi connectivity index (χ1n) is 9.42. The summed E-state index contributed by atoms with van der Waals surface area (Å²) >= 11 is 5.98. The van der Waals surface area contributed by atoms with Gasteiger partial charge in [-0.2, -0.15) is 5.10 Å². The van der Waals surface area contributed by atoms with E-state index in [9.17, 15) is 4.79 Å². The number of likely N-dealkylation sites (tertiary alicyclic amines) is 1. The Labute approximate surface area is 168 Å². The second kappa shape index (κ2) is 8.54. The topological polar surface area (TPSA) is 73.9 Å². The molecular weight excluding hydrogens is 374 g/mol. The molecule has 144 valence electrons. The second-order valence-electron chi connectivity index (χ2n) is 6.93. The SMILES string of the molecule is O=C(NCc1cn[nH]c1-c1ccc(Cl)cc1)[C@H](c1cccnc1)N1CCCC1. The van der Waals surface area contributed by atoms with E-state index in [1.807, 2.05) is 36.4 Å². The molecular formula is C21H22ClN5O. The van der Waals surface area contributed by atoms with E-state index >= 15 is 0 Å². The van der Waals surface area contributed by atoms with Crippen LogP contribution >= 0.6 is 11.6 Å². The smallest absolute Gasteiger partial charge is 0.242 e. The van der Waals surface area contributed by atoms with Gasteiger partial charge < -0.3 is 5.32 Å². The number of amides is 1. The summed E-state index contributed by atoms with van der Waals surface area (Å²) in [5, 5.41) is 10.9. The summed E-state index contributed by atoms with van der Waals surface area (Å²) in [6, 6.07) is 11.1. The molecule has 0 radical (unpaired) electrons. The van der Waals surface area contributed by atoms with E-state index in [1.54, 1.807) is 18.6 Å². The second-order valence-corrected chi connectivity index (χ2v) is 7.36. The number of carbonyl (C=O) groups excluding carboxylic acids is 1. The Kier molecular flexibility index (Phi) is 5.69. The maximum Gasteiger partial charge on any atom is 0.242 e. The minimum atomic E-state index is -0.318. The molecule has 0 aliphatic carbocycles. The Morgan fingerprint density at radius 3 is 2.68 bits per heavy atom. The normalized spacial score (nSPS) is 15.5. The van der Waals surface area contributed by atoms with Crippen LogP contribution in [0.3, 0.4) is 0 Å². The van der Waals surface area contributed by atoms with Gasteiger partial charge in [-0.1, -0.05) is 29.8 Å². The molecule has 1 amide bonds. The molecule has 2 N–H and O–H groups in total. The number of rotatable bonds is 6. The van der Waals surface area contributed by atoms with Crippen LogP contribution in [0.1, 0.15) is 30.0 Å². The number of aromatic nitrogens is 3. The highest BCUT2D eigenvalue weighted by Gasteiger charge is 2.29. The summed E-state index contributed by atoms with van der Waals surface area (Å²) in [6.07, 6.45) is 7.49. The fourth-order valence-electron chi connectivity index (χ4n) is 3.66. The lowest BCUT2D eigenvalue weighted by Gasteiger charge is -2.26. The van der Waals surface area contributed by atoms with E-state index in [1.165, 1.54) is 0 Å². The first-order valence-corrected chi connectivity index (χ1v) is 9.80. The molecule has 28 heavy (non-hydrogen) atoms. The van der Waals surface area contributed by atoms with Crippen LogP contribution in [0.5, 0.6) is 0 Å². The molecule has 7 heteroatoms. The quantitative estimate of drug-likeness (QED) is 0.669. The fourth-order valence-corrected chi connectivity index (χ4v) is 3.78. The van der Waals surface area contributed by atoms with Gasteiger partial charge in [0.2, 0.25) is 5.91 Å². The van der Waals surface area contributed by atoms with E-state index in [0.29, 0.717) is 11.6 Å². The van der Waals surface area contributed by atoms with Crippen molar-refractivity contribution >= 4 is 17.5 Å². The van der Waals surface area contributed by atoms with Gasteiger partial charge in [0.1, 0.15) is 6.04 Å². The van der Waals surface area contributed by atoms with Gasteiger partial charge in [0, 0.05) is 29.5 Å². The monoisotopic (exact) mass is 395 g/mol. The standard InChI is InChI=1S/C21H22ClN5O/c22-18-7-5-15(6-8-18)19-17(14-25-26-19)13-24-21(28)20(27-10-1-2-11-27)16-4-3-9-23-12-16/h3-9,12,14,20H,1-2,10-11,13H2,(H,24,28)(H,25,26)/t20-/m0/s1. The number of hydrogen-bond donors (Lipinski definition) is 2. The van der Waals surface area contributed by atoms with Crippen molar-refractivity contribution in [1.29, 1.82) is 0 Å². The van der Waals surface area contributed by atoms with Crippen LogP contribution < -0.4 is 5.32 Å². The van der Waals surface area contributed by atoms with E-state index in [-0.39, 0.29) is 11.9 Å². The zero-order valence-corrected chi connectivity index (χ0v) is 16.2. The molecule has 1 atom stereocenters. The van der Waals surface area contributed by atoms with Crippen molar-refractivity contribution in [2.75, 3.05) is 13.1 Å². The van der Waals surface area contributed by atoms with Gasteiger partial charge in [-0.15, -0.1) is 0 Å². The molecule has 3 heterocycles. The first-order chi connectivity index (χ1) is 13.7. The predicted octanol–water partition coefficient (Wildman–Crippen LogP) is 3.58.